The summed E-state index contributed by atoms with van der Waals surface area (Å²) in [6, 6.07) is 10.4. The lowest BCUT2D eigenvalue weighted by atomic mass is 10.2. The van der Waals surface area contributed by atoms with Crippen molar-refractivity contribution in [1.82, 2.24) is 24.7 Å². The van der Waals surface area contributed by atoms with E-state index in [1.807, 2.05) is 17.4 Å². The van der Waals surface area contributed by atoms with E-state index < -0.39 is 0 Å². The maximum atomic E-state index is 4.96. The first-order chi connectivity index (χ1) is 14.8. The Balaban J connectivity index is 1.32. The van der Waals surface area contributed by atoms with Crippen molar-refractivity contribution in [2.24, 2.45) is 0 Å². The van der Waals surface area contributed by atoms with E-state index in [4.69, 9.17) is 9.97 Å². The summed E-state index contributed by atoms with van der Waals surface area (Å²) in [7, 11) is 0. The molecule has 0 bridgehead atoms. The minimum absolute atomic E-state index is 0.648. The van der Waals surface area contributed by atoms with Crippen LogP contribution in [-0.2, 0) is 38.1 Å². The zero-order valence-electron chi connectivity index (χ0n) is 16.6. The highest BCUT2D eigenvalue weighted by atomic mass is 32.2. The topological polar surface area (TPSA) is 68.5 Å². The number of hydrogen-bond donors (Lipinski definition) is 1. The number of fused-ring (bicyclic) bond motifs is 4. The van der Waals surface area contributed by atoms with Crippen LogP contribution in [0.15, 0.2) is 35.2 Å². The van der Waals surface area contributed by atoms with Crippen LogP contribution in [0.5, 0.6) is 0 Å². The predicted molar refractivity (Wildman–Crippen MR) is 121 cm³/mol. The van der Waals surface area contributed by atoms with Crippen LogP contribution >= 0.6 is 23.1 Å². The third-order valence-corrected chi connectivity index (χ3v) is 8.02. The molecule has 152 valence electrons. The third-order valence-electron chi connectivity index (χ3n) is 5.82. The van der Waals surface area contributed by atoms with Crippen molar-refractivity contribution in [1.29, 1.82) is 0 Å². The summed E-state index contributed by atoms with van der Waals surface area (Å²) in [6.07, 6.45) is 5.73. The standard InChI is InChI=1S/C22H22N6S2/c1-2-6-14(7-3-1)29-13-17-24-21(20-15-8-4-9-16(15)30-22(20)25-17)23-12-19-27-26-18-10-5-11-28(18)19/h1-3,6-7H,4-5,8-13H2,(H,23,24,25). The number of thiophene rings is 1. The van der Waals surface area contributed by atoms with Crippen LogP contribution in [0.4, 0.5) is 5.82 Å². The van der Waals surface area contributed by atoms with Crippen molar-refractivity contribution in [3.8, 4) is 0 Å². The molecular formula is C22H22N6S2. The monoisotopic (exact) mass is 434 g/mol. The fourth-order valence-electron chi connectivity index (χ4n) is 4.40. The van der Waals surface area contributed by atoms with Gasteiger partial charge < -0.3 is 9.88 Å². The number of nitrogens with zero attached hydrogens (tertiary/aromatic N) is 5. The average molecular weight is 435 g/mol. The molecule has 0 unspecified atom stereocenters. The van der Waals surface area contributed by atoms with Gasteiger partial charge in [0.25, 0.3) is 0 Å². The summed E-state index contributed by atoms with van der Waals surface area (Å²) in [6.45, 7) is 1.67. The lowest BCUT2D eigenvalue weighted by Gasteiger charge is -2.10. The maximum absolute atomic E-state index is 4.96. The molecule has 0 fully saturated rings. The molecular weight excluding hydrogens is 412 g/mol. The quantitative estimate of drug-likeness (QED) is 0.447. The highest BCUT2D eigenvalue weighted by Crippen LogP contribution is 2.40. The van der Waals surface area contributed by atoms with E-state index in [0.717, 1.165) is 59.7 Å². The van der Waals surface area contributed by atoms with Crippen LogP contribution in [0.2, 0.25) is 0 Å². The minimum atomic E-state index is 0.648. The van der Waals surface area contributed by atoms with E-state index in [9.17, 15) is 0 Å². The SMILES string of the molecule is c1ccc(SCc2nc(NCc3nnc4n3CCC4)c3c4c(sc3n2)CCC4)cc1. The number of aryl methyl sites for hydroxylation is 3. The highest BCUT2D eigenvalue weighted by Gasteiger charge is 2.23. The molecule has 0 radical (unpaired) electrons. The Kier molecular flexibility index (Phi) is 4.68. The summed E-state index contributed by atoms with van der Waals surface area (Å²) in [5, 5.41) is 13.6. The van der Waals surface area contributed by atoms with Crippen molar-refractivity contribution in [3.63, 3.8) is 0 Å². The molecule has 0 amide bonds. The largest absolute Gasteiger partial charge is 0.362 e. The summed E-state index contributed by atoms with van der Waals surface area (Å²) in [5.74, 6) is 4.71. The van der Waals surface area contributed by atoms with Gasteiger partial charge in [0.15, 0.2) is 5.82 Å². The van der Waals surface area contributed by atoms with Gasteiger partial charge >= 0.3 is 0 Å². The maximum Gasteiger partial charge on any atom is 0.152 e. The van der Waals surface area contributed by atoms with Crippen molar-refractivity contribution >= 4 is 39.1 Å². The van der Waals surface area contributed by atoms with E-state index in [1.165, 1.54) is 33.6 Å². The Morgan fingerprint density at radius 3 is 2.90 bits per heavy atom. The van der Waals surface area contributed by atoms with E-state index in [-0.39, 0.29) is 0 Å². The molecule has 1 aliphatic carbocycles. The number of rotatable bonds is 6. The van der Waals surface area contributed by atoms with Gasteiger partial charge in [-0.25, -0.2) is 9.97 Å². The molecule has 2 aliphatic rings. The fraction of sp³-hybridized carbons (Fsp3) is 0.364. The van der Waals surface area contributed by atoms with Crippen LogP contribution in [0.25, 0.3) is 10.2 Å². The zero-order valence-corrected chi connectivity index (χ0v) is 18.2. The number of hydrogen-bond acceptors (Lipinski definition) is 7. The lowest BCUT2D eigenvalue weighted by molar-refractivity contribution is 0.695. The van der Waals surface area contributed by atoms with E-state index in [0.29, 0.717) is 6.54 Å². The fourth-order valence-corrected chi connectivity index (χ4v) is 6.46. The molecule has 8 heteroatoms. The molecule has 0 saturated carbocycles. The first-order valence-corrected chi connectivity index (χ1v) is 12.3. The highest BCUT2D eigenvalue weighted by molar-refractivity contribution is 7.98. The van der Waals surface area contributed by atoms with Gasteiger partial charge in [-0.15, -0.1) is 33.3 Å². The van der Waals surface area contributed by atoms with Crippen molar-refractivity contribution in [2.45, 2.75) is 55.8 Å². The van der Waals surface area contributed by atoms with E-state index in [1.54, 1.807) is 11.8 Å². The van der Waals surface area contributed by atoms with E-state index in [2.05, 4.69) is 44.3 Å². The molecule has 1 N–H and O–H groups in total. The molecule has 4 aromatic rings. The molecule has 0 spiro atoms. The first-order valence-electron chi connectivity index (χ1n) is 10.5. The Morgan fingerprint density at radius 2 is 1.97 bits per heavy atom. The van der Waals surface area contributed by atoms with Gasteiger partial charge in [-0.2, -0.15) is 0 Å². The predicted octanol–water partition coefficient (Wildman–Crippen LogP) is 4.62. The second kappa shape index (κ2) is 7.67. The average Bonchev–Trinajstić information content (AvgIpc) is 3.52. The van der Waals surface area contributed by atoms with Crippen LogP contribution < -0.4 is 5.32 Å². The Hall–Kier alpha value is -2.45. The first kappa shape index (κ1) is 18.3. The van der Waals surface area contributed by atoms with Crippen molar-refractivity contribution in [2.75, 3.05) is 5.32 Å². The molecule has 4 heterocycles. The van der Waals surface area contributed by atoms with Gasteiger partial charge in [0.1, 0.15) is 22.3 Å². The Morgan fingerprint density at radius 1 is 1.03 bits per heavy atom. The second-order valence-electron chi connectivity index (χ2n) is 7.77. The van der Waals surface area contributed by atoms with Crippen molar-refractivity contribution < 1.29 is 0 Å². The summed E-state index contributed by atoms with van der Waals surface area (Å²) in [4.78, 5) is 13.7. The van der Waals surface area contributed by atoms with Gasteiger partial charge in [0.05, 0.1) is 17.7 Å². The summed E-state index contributed by atoms with van der Waals surface area (Å²) in [5.41, 5.74) is 1.45. The minimum Gasteiger partial charge on any atom is -0.362 e. The molecule has 0 saturated heterocycles. The number of thioether (sulfide) groups is 1. The van der Waals surface area contributed by atoms with Gasteiger partial charge in [0.2, 0.25) is 0 Å². The molecule has 0 atom stereocenters. The summed E-state index contributed by atoms with van der Waals surface area (Å²) >= 11 is 3.63. The molecule has 6 rings (SSSR count). The molecule has 1 aliphatic heterocycles. The normalized spacial score (nSPS) is 14.9. The van der Waals surface area contributed by atoms with Crippen LogP contribution in [0.1, 0.15) is 40.8 Å². The van der Waals surface area contributed by atoms with Gasteiger partial charge in [-0.3, -0.25) is 0 Å². The molecule has 30 heavy (non-hydrogen) atoms. The Labute approximate surface area is 183 Å². The molecule has 1 aromatic carbocycles. The lowest BCUT2D eigenvalue weighted by Crippen LogP contribution is -2.10. The van der Waals surface area contributed by atoms with Gasteiger partial charge in [-0.05, 0) is 43.4 Å². The number of aromatic nitrogens is 5. The summed E-state index contributed by atoms with van der Waals surface area (Å²) < 4.78 is 2.25. The molecule has 6 nitrogen and oxygen atoms in total. The van der Waals surface area contributed by atoms with Gasteiger partial charge in [-0.1, -0.05) is 18.2 Å². The Bertz CT molecular complexity index is 1210. The zero-order chi connectivity index (χ0) is 19.9. The van der Waals surface area contributed by atoms with Crippen LogP contribution in [0.3, 0.4) is 0 Å². The van der Waals surface area contributed by atoms with Gasteiger partial charge in [0, 0.05) is 22.7 Å². The van der Waals surface area contributed by atoms with E-state index >= 15 is 0 Å². The van der Waals surface area contributed by atoms with Crippen LogP contribution in [0, 0.1) is 0 Å². The number of anilines is 1. The van der Waals surface area contributed by atoms with Crippen LogP contribution in [-0.4, -0.2) is 24.7 Å². The second-order valence-corrected chi connectivity index (χ2v) is 9.90. The van der Waals surface area contributed by atoms with Crippen molar-refractivity contribution in [3.05, 3.63) is 58.2 Å². The smallest absolute Gasteiger partial charge is 0.152 e. The molecule has 3 aromatic heterocycles. The number of nitrogens with one attached hydrogen (secondary N) is 1. The third kappa shape index (κ3) is 3.28. The number of benzene rings is 1.